The number of fused-ring (bicyclic) bond motifs is 1. The first kappa shape index (κ1) is 22.1. The summed E-state index contributed by atoms with van der Waals surface area (Å²) in [4.78, 5) is 50.2. The molecule has 0 aliphatic carbocycles. The van der Waals surface area contributed by atoms with Crippen LogP contribution in [0.4, 0.5) is 17.5 Å². The van der Waals surface area contributed by atoms with Gasteiger partial charge in [-0.15, -0.1) is 0 Å². The van der Waals surface area contributed by atoms with Crippen molar-refractivity contribution in [3.8, 4) is 0 Å². The normalized spacial score (nSPS) is 11.6. The zero-order chi connectivity index (χ0) is 23.3. The van der Waals surface area contributed by atoms with Gasteiger partial charge in [0, 0.05) is 17.2 Å². The number of rotatable bonds is 9. The first-order chi connectivity index (χ1) is 15.2. The highest BCUT2D eigenvalue weighted by molar-refractivity contribution is 5.96. The molecule has 0 radical (unpaired) electrons. The van der Waals surface area contributed by atoms with Gasteiger partial charge in [0.25, 0.3) is 5.91 Å². The minimum absolute atomic E-state index is 0.00383. The Morgan fingerprint density at radius 2 is 1.75 bits per heavy atom. The lowest BCUT2D eigenvalue weighted by Crippen LogP contribution is -2.48. The van der Waals surface area contributed by atoms with E-state index < -0.39 is 30.3 Å². The van der Waals surface area contributed by atoms with Crippen molar-refractivity contribution in [3.05, 3.63) is 41.7 Å². The number of aliphatic carboxylic acids is 2. The van der Waals surface area contributed by atoms with Crippen LogP contribution in [-0.4, -0.2) is 43.8 Å². The van der Waals surface area contributed by atoms with Gasteiger partial charge in [0.15, 0.2) is 17.0 Å². The summed E-state index contributed by atoms with van der Waals surface area (Å²) >= 11 is 0. The maximum absolute atomic E-state index is 12.2. The van der Waals surface area contributed by atoms with Gasteiger partial charge in [0.1, 0.15) is 0 Å². The summed E-state index contributed by atoms with van der Waals surface area (Å²) in [7, 11) is 0. The van der Waals surface area contributed by atoms with Crippen molar-refractivity contribution >= 4 is 46.5 Å². The molecule has 1 amide bonds. The van der Waals surface area contributed by atoms with Crippen molar-refractivity contribution in [2.24, 2.45) is 0 Å². The Hall–Kier alpha value is -4.55. The van der Waals surface area contributed by atoms with Crippen LogP contribution in [0.25, 0.3) is 11.2 Å². The molecular weight excluding hydrogens is 420 g/mol. The molecule has 166 valence electrons. The zero-order valence-corrected chi connectivity index (χ0v) is 16.6. The lowest BCUT2D eigenvalue weighted by atomic mass is 10.1. The van der Waals surface area contributed by atoms with E-state index in [2.05, 4.69) is 30.6 Å². The smallest absolute Gasteiger partial charge is 0.251 e. The van der Waals surface area contributed by atoms with Gasteiger partial charge in [-0.3, -0.25) is 4.79 Å². The number of amides is 1. The largest absolute Gasteiger partial charge is 0.550 e. The Kier molecular flexibility index (Phi) is 6.58. The molecule has 13 nitrogen and oxygen atoms in total. The number of carbonyl (C=O) groups excluding carboxylic acids is 3. The van der Waals surface area contributed by atoms with Crippen molar-refractivity contribution in [1.29, 1.82) is 0 Å². The summed E-state index contributed by atoms with van der Waals surface area (Å²) in [6, 6.07) is 4.72. The van der Waals surface area contributed by atoms with Crippen LogP contribution in [0.2, 0.25) is 0 Å². The second-order valence-corrected chi connectivity index (χ2v) is 6.69. The average molecular weight is 438 g/mol. The standard InChI is InChI=1S/C19H20N8O5/c20-15-14-16(27-19(21)26-15)23-8-11(24-14)7-22-10-3-1-9(2-4-10)17(30)25-12(18(31)32)5-6-13(28)29/h1-4,8,12,22H,5-7H2,(H,25,30)(H,28,29)(H,31,32)(H4,20,21,23,26,27)/p-2/t12-/m0/s1. The number of carbonyl (C=O) groups is 3. The molecule has 3 aromatic rings. The molecule has 0 fully saturated rings. The number of benzene rings is 1. The van der Waals surface area contributed by atoms with Crippen LogP contribution in [0.15, 0.2) is 30.5 Å². The minimum Gasteiger partial charge on any atom is -0.550 e. The first-order valence-electron chi connectivity index (χ1n) is 9.33. The maximum Gasteiger partial charge on any atom is 0.251 e. The van der Waals surface area contributed by atoms with E-state index >= 15 is 0 Å². The third-order valence-corrected chi connectivity index (χ3v) is 4.35. The number of hydrogen-bond donors (Lipinski definition) is 4. The summed E-state index contributed by atoms with van der Waals surface area (Å²) in [5, 5.41) is 26.9. The highest BCUT2D eigenvalue weighted by Gasteiger charge is 2.15. The lowest BCUT2D eigenvalue weighted by Gasteiger charge is -2.20. The van der Waals surface area contributed by atoms with Crippen LogP contribution in [-0.2, 0) is 16.1 Å². The van der Waals surface area contributed by atoms with Crippen LogP contribution in [0.5, 0.6) is 0 Å². The minimum atomic E-state index is -1.58. The van der Waals surface area contributed by atoms with E-state index in [9.17, 15) is 24.6 Å². The van der Waals surface area contributed by atoms with Crippen molar-refractivity contribution in [3.63, 3.8) is 0 Å². The molecular formula is C19H18N8O5-2. The number of nitrogens with one attached hydrogen (secondary N) is 2. The van der Waals surface area contributed by atoms with E-state index in [1.807, 2.05) is 0 Å². The number of nitrogen functional groups attached to an aromatic ring is 2. The summed E-state index contributed by atoms with van der Waals surface area (Å²) in [5.74, 6) is -3.56. The van der Waals surface area contributed by atoms with Crippen molar-refractivity contribution < 1.29 is 24.6 Å². The number of aromatic nitrogens is 4. The molecule has 2 aromatic heterocycles. The average Bonchev–Trinajstić information content (AvgIpc) is 2.75. The molecule has 1 atom stereocenters. The van der Waals surface area contributed by atoms with Gasteiger partial charge >= 0.3 is 0 Å². The van der Waals surface area contributed by atoms with E-state index in [1.165, 1.54) is 18.3 Å². The van der Waals surface area contributed by atoms with Gasteiger partial charge in [-0.05, 0) is 37.1 Å². The van der Waals surface area contributed by atoms with Crippen LogP contribution >= 0.6 is 0 Å². The third-order valence-electron chi connectivity index (χ3n) is 4.35. The van der Waals surface area contributed by atoms with Gasteiger partial charge in [-0.1, -0.05) is 0 Å². The van der Waals surface area contributed by atoms with E-state index in [-0.39, 0.29) is 35.9 Å². The lowest BCUT2D eigenvalue weighted by molar-refractivity contribution is -0.309. The SMILES string of the molecule is Nc1nc(N)c2nc(CNc3ccc(C(=O)N[C@@H](CCC(=O)[O-])C(=O)[O-])cc3)cnc2n1. The molecule has 0 aliphatic rings. The molecule has 32 heavy (non-hydrogen) atoms. The summed E-state index contributed by atoms with van der Waals surface area (Å²) in [6.45, 7) is 0.286. The van der Waals surface area contributed by atoms with E-state index in [0.717, 1.165) is 0 Å². The van der Waals surface area contributed by atoms with Gasteiger partial charge in [0.05, 0.1) is 30.4 Å². The Bertz CT molecular complexity index is 1170. The Morgan fingerprint density at radius 3 is 2.41 bits per heavy atom. The number of anilines is 3. The molecule has 0 saturated carbocycles. The van der Waals surface area contributed by atoms with Crippen LogP contribution in [0.3, 0.4) is 0 Å². The van der Waals surface area contributed by atoms with Crippen molar-refractivity contribution in [1.82, 2.24) is 25.3 Å². The summed E-state index contributed by atoms with van der Waals surface area (Å²) in [6.07, 6.45) is 0.644. The quantitative estimate of drug-likeness (QED) is 0.274. The number of carboxylic acid groups (broad SMARTS) is 2. The predicted octanol–water partition coefficient (Wildman–Crippen LogP) is -2.43. The molecule has 0 saturated heterocycles. The van der Waals surface area contributed by atoms with Crippen LogP contribution in [0.1, 0.15) is 28.9 Å². The second-order valence-electron chi connectivity index (χ2n) is 6.69. The summed E-state index contributed by atoms with van der Waals surface area (Å²) < 4.78 is 0. The fourth-order valence-corrected chi connectivity index (χ4v) is 2.75. The molecule has 2 heterocycles. The Balaban J connectivity index is 1.62. The van der Waals surface area contributed by atoms with Gasteiger partial charge < -0.3 is 41.9 Å². The van der Waals surface area contributed by atoms with Gasteiger partial charge in [-0.2, -0.15) is 9.97 Å². The maximum atomic E-state index is 12.2. The second kappa shape index (κ2) is 9.51. The molecule has 6 N–H and O–H groups in total. The van der Waals surface area contributed by atoms with E-state index in [1.54, 1.807) is 12.1 Å². The Labute approximate surface area is 180 Å². The monoisotopic (exact) mass is 438 g/mol. The van der Waals surface area contributed by atoms with Gasteiger partial charge in [0.2, 0.25) is 5.95 Å². The zero-order valence-electron chi connectivity index (χ0n) is 16.6. The fourth-order valence-electron chi connectivity index (χ4n) is 2.75. The molecule has 0 unspecified atom stereocenters. The van der Waals surface area contributed by atoms with E-state index in [0.29, 0.717) is 16.9 Å². The number of hydrogen-bond acceptors (Lipinski definition) is 12. The molecule has 13 heteroatoms. The van der Waals surface area contributed by atoms with Crippen molar-refractivity contribution in [2.45, 2.75) is 25.4 Å². The number of nitrogens with zero attached hydrogens (tertiary/aromatic N) is 4. The molecule has 0 aliphatic heterocycles. The van der Waals surface area contributed by atoms with Crippen LogP contribution < -0.4 is 32.3 Å². The Morgan fingerprint density at radius 1 is 1.03 bits per heavy atom. The highest BCUT2D eigenvalue weighted by Crippen LogP contribution is 2.16. The first-order valence-corrected chi connectivity index (χ1v) is 9.33. The highest BCUT2D eigenvalue weighted by atomic mass is 16.4. The van der Waals surface area contributed by atoms with Crippen LogP contribution in [0, 0.1) is 0 Å². The number of carboxylic acids is 2. The fraction of sp³-hybridized carbons (Fsp3) is 0.211. The summed E-state index contributed by atoms with van der Waals surface area (Å²) in [5.41, 5.74) is 13.3. The molecule has 0 bridgehead atoms. The van der Waals surface area contributed by atoms with Crippen molar-refractivity contribution in [2.75, 3.05) is 16.8 Å². The van der Waals surface area contributed by atoms with E-state index in [4.69, 9.17) is 11.5 Å². The molecule has 1 aromatic carbocycles. The molecule has 0 spiro atoms. The number of nitrogens with two attached hydrogens (primary N) is 2. The third kappa shape index (κ3) is 5.53. The predicted molar refractivity (Wildman–Crippen MR) is 108 cm³/mol. The van der Waals surface area contributed by atoms with Gasteiger partial charge in [-0.25, -0.2) is 9.97 Å². The molecule has 3 rings (SSSR count). The topological polar surface area (TPSA) is 225 Å².